The van der Waals surface area contributed by atoms with E-state index in [0.29, 0.717) is 30.4 Å². The average Bonchev–Trinajstić information content (AvgIpc) is 2.49. The van der Waals surface area contributed by atoms with Gasteiger partial charge in [0.15, 0.2) is 0 Å². The van der Waals surface area contributed by atoms with E-state index in [0.717, 1.165) is 6.42 Å². The van der Waals surface area contributed by atoms with Gasteiger partial charge in [-0.3, -0.25) is 4.79 Å². The zero-order chi connectivity index (χ0) is 15.7. The highest BCUT2D eigenvalue weighted by Crippen LogP contribution is 2.11. The Hall–Kier alpha value is -2.06. The molecular weight excluding hydrogens is 268 g/mol. The van der Waals surface area contributed by atoms with Crippen LogP contribution in [0.1, 0.15) is 25.8 Å². The molecule has 0 heterocycles. The highest BCUT2D eigenvalue weighted by molar-refractivity contribution is 5.75. The number of carbonyl (C=O) groups excluding carboxylic acids is 1. The van der Waals surface area contributed by atoms with Gasteiger partial charge in [-0.1, -0.05) is 13.8 Å². The molecule has 5 heteroatoms. The fraction of sp³-hybridized carbons (Fsp3) is 0.500. The van der Waals surface area contributed by atoms with Crippen LogP contribution in [0.15, 0.2) is 24.3 Å². The molecule has 114 valence electrons. The standard InChI is InChI=1S/C16H22N2O3/c1-12(2)10-15(16(19)20-3)18-8-9-21-14-6-4-13(11-17)5-7-14/h4-7,12,15,18H,8-10H2,1-3H3. The van der Waals surface area contributed by atoms with E-state index in [9.17, 15) is 4.79 Å². The molecule has 1 rings (SSSR count). The number of esters is 1. The molecular formula is C16H22N2O3. The molecule has 1 unspecified atom stereocenters. The van der Waals surface area contributed by atoms with Crippen molar-refractivity contribution < 1.29 is 14.3 Å². The maximum atomic E-state index is 11.6. The second-order valence-electron chi connectivity index (χ2n) is 5.14. The number of carbonyl (C=O) groups is 1. The largest absolute Gasteiger partial charge is 0.492 e. The molecule has 0 fully saturated rings. The second kappa shape index (κ2) is 8.98. The summed E-state index contributed by atoms with van der Waals surface area (Å²) in [6.07, 6.45) is 0.726. The van der Waals surface area contributed by atoms with E-state index in [1.54, 1.807) is 24.3 Å². The first-order valence-corrected chi connectivity index (χ1v) is 7.01. The van der Waals surface area contributed by atoms with Gasteiger partial charge < -0.3 is 14.8 Å². The van der Waals surface area contributed by atoms with Crippen molar-refractivity contribution >= 4 is 5.97 Å². The highest BCUT2D eigenvalue weighted by Gasteiger charge is 2.19. The van der Waals surface area contributed by atoms with Crippen molar-refractivity contribution in [1.29, 1.82) is 5.26 Å². The molecule has 0 aliphatic heterocycles. The van der Waals surface area contributed by atoms with Gasteiger partial charge in [0.2, 0.25) is 0 Å². The molecule has 1 atom stereocenters. The minimum atomic E-state index is -0.306. The van der Waals surface area contributed by atoms with Crippen LogP contribution in [-0.4, -0.2) is 32.3 Å². The molecule has 21 heavy (non-hydrogen) atoms. The van der Waals surface area contributed by atoms with E-state index in [-0.39, 0.29) is 12.0 Å². The molecule has 0 aliphatic carbocycles. The number of methoxy groups -OCH3 is 1. The third-order valence-electron chi connectivity index (χ3n) is 2.94. The van der Waals surface area contributed by atoms with Crippen molar-refractivity contribution in [3.8, 4) is 11.8 Å². The number of nitrogens with one attached hydrogen (secondary N) is 1. The van der Waals surface area contributed by atoms with Gasteiger partial charge in [0.25, 0.3) is 0 Å². The maximum absolute atomic E-state index is 11.6. The zero-order valence-electron chi connectivity index (χ0n) is 12.8. The molecule has 0 bridgehead atoms. The van der Waals surface area contributed by atoms with Crippen LogP contribution >= 0.6 is 0 Å². The van der Waals surface area contributed by atoms with Crippen LogP contribution in [0.2, 0.25) is 0 Å². The Morgan fingerprint density at radius 3 is 2.52 bits per heavy atom. The Balaban J connectivity index is 2.36. The van der Waals surface area contributed by atoms with E-state index < -0.39 is 0 Å². The summed E-state index contributed by atoms with van der Waals surface area (Å²) >= 11 is 0. The lowest BCUT2D eigenvalue weighted by Gasteiger charge is -2.18. The van der Waals surface area contributed by atoms with Crippen LogP contribution in [0.5, 0.6) is 5.75 Å². The quantitative estimate of drug-likeness (QED) is 0.586. The van der Waals surface area contributed by atoms with Crippen molar-refractivity contribution in [3.05, 3.63) is 29.8 Å². The third-order valence-corrected chi connectivity index (χ3v) is 2.94. The van der Waals surface area contributed by atoms with Crippen LogP contribution in [0.25, 0.3) is 0 Å². The van der Waals surface area contributed by atoms with Crippen LogP contribution < -0.4 is 10.1 Å². The van der Waals surface area contributed by atoms with Gasteiger partial charge in [0.05, 0.1) is 18.7 Å². The van der Waals surface area contributed by atoms with Gasteiger partial charge in [-0.15, -0.1) is 0 Å². The van der Waals surface area contributed by atoms with Crippen LogP contribution in [-0.2, 0) is 9.53 Å². The first-order chi connectivity index (χ1) is 10.1. The van der Waals surface area contributed by atoms with E-state index in [1.807, 2.05) is 0 Å². The second-order valence-corrected chi connectivity index (χ2v) is 5.14. The fourth-order valence-corrected chi connectivity index (χ4v) is 1.90. The Bertz CT molecular complexity index is 477. The molecule has 0 aromatic heterocycles. The number of nitriles is 1. The Kier molecular flexibility index (Phi) is 7.27. The predicted octanol–water partition coefficient (Wildman–Crippen LogP) is 2.11. The number of hydrogen-bond acceptors (Lipinski definition) is 5. The van der Waals surface area contributed by atoms with Crippen molar-refractivity contribution in [2.24, 2.45) is 5.92 Å². The van der Waals surface area contributed by atoms with E-state index in [2.05, 4.69) is 25.2 Å². The number of nitrogens with zero attached hydrogens (tertiary/aromatic N) is 1. The minimum absolute atomic E-state index is 0.248. The van der Waals surface area contributed by atoms with Crippen LogP contribution in [0.3, 0.4) is 0 Å². The van der Waals surface area contributed by atoms with Crippen molar-refractivity contribution in [2.45, 2.75) is 26.3 Å². The molecule has 5 nitrogen and oxygen atoms in total. The molecule has 1 N–H and O–H groups in total. The SMILES string of the molecule is COC(=O)C(CC(C)C)NCCOc1ccc(C#N)cc1. The topological polar surface area (TPSA) is 71.3 Å². The van der Waals surface area contributed by atoms with Crippen molar-refractivity contribution in [2.75, 3.05) is 20.3 Å². The molecule has 0 aliphatic rings. The lowest BCUT2D eigenvalue weighted by atomic mass is 10.0. The average molecular weight is 290 g/mol. The van der Waals surface area contributed by atoms with E-state index in [1.165, 1.54) is 7.11 Å². The molecule has 0 radical (unpaired) electrons. The normalized spacial score (nSPS) is 11.8. The molecule has 0 amide bonds. The first-order valence-electron chi connectivity index (χ1n) is 7.01. The van der Waals surface area contributed by atoms with E-state index >= 15 is 0 Å². The summed E-state index contributed by atoms with van der Waals surface area (Å²) in [5.41, 5.74) is 0.600. The van der Waals surface area contributed by atoms with E-state index in [4.69, 9.17) is 14.7 Å². The first kappa shape index (κ1) is 17.0. The van der Waals surface area contributed by atoms with Gasteiger partial charge in [-0.25, -0.2) is 0 Å². The van der Waals surface area contributed by atoms with Gasteiger partial charge in [0.1, 0.15) is 18.4 Å². The molecule has 0 saturated heterocycles. The lowest BCUT2D eigenvalue weighted by Crippen LogP contribution is -2.40. The predicted molar refractivity (Wildman–Crippen MR) is 79.9 cm³/mol. The summed E-state index contributed by atoms with van der Waals surface area (Å²) in [5, 5.41) is 11.8. The van der Waals surface area contributed by atoms with Crippen LogP contribution in [0, 0.1) is 17.2 Å². The molecule has 1 aromatic rings. The summed E-state index contributed by atoms with van der Waals surface area (Å²) in [6, 6.07) is 8.67. The lowest BCUT2D eigenvalue weighted by molar-refractivity contribution is -0.143. The van der Waals surface area contributed by atoms with Gasteiger partial charge >= 0.3 is 5.97 Å². The molecule has 0 saturated carbocycles. The van der Waals surface area contributed by atoms with Gasteiger partial charge in [0, 0.05) is 6.54 Å². The molecule has 1 aromatic carbocycles. The third kappa shape index (κ3) is 6.28. The summed E-state index contributed by atoms with van der Waals surface area (Å²) in [4.78, 5) is 11.6. The van der Waals surface area contributed by atoms with Gasteiger partial charge in [-0.2, -0.15) is 5.26 Å². The number of hydrogen-bond donors (Lipinski definition) is 1. The Labute approximate surface area is 125 Å². The fourth-order valence-electron chi connectivity index (χ4n) is 1.90. The Morgan fingerprint density at radius 2 is 2.00 bits per heavy atom. The summed E-state index contributed by atoms with van der Waals surface area (Å²) in [5.74, 6) is 0.859. The smallest absolute Gasteiger partial charge is 0.322 e. The highest BCUT2D eigenvalue weighted by atomic mass is 16.5. The zero-order valence-corrected chi connectivity index (χ0v) is 12.8. The van der Waals surface area contributed by atoms with Crippen molar-refractivity contribution in [3.63, 3.8) is 0 Å². The van der Waals surface area contributed by atoms with Crippen molar-refractivity contribution in [1.82, 2.24) is 5.32 Å². The Morgan fingerprint density at radius 1 is 1.33 bits per heavy atom. The number of rotatable bonds is 8. The molecule has 0 spiro atoms. The summed E-state index contributed by atoms with van der Waals surface area (Å²) in [7, 11) is 1.39. The monoisotopic (exact) mass is 290 g/mol. The number of benzene rings is 1. The number of ether oxygens (including phenoxy) is 2. The van der Waals surface area contributed by atoms with Crippen LogP contribution in [0.4, 0.5) is 0 Å². The van der Waals surface area contributed by atoms with Gasteiger partial charge in [-0.05, 0) is 36.6 Å². The minimum Gasteiger partial charge on any atom is -0.492 e. The summed E-state index contributed by atoms with van der Waals surface area (Å²) in [6.45, 7) is 5.11. The summed E-state index contributed by atoms with van der Waals surface area (Å²) < 4.78 is 10.3. The maximum Gasteiger partial charge on any atom is 0.322 e.